The van der Waals surface area contributed by atoms with Crippen molar-refractivity contribution in [2.45, 2.75) is 57.8 Å². The Morgan fingerprint density at radius 1 is 1.13 bits per heavy atom. The maximum Gasteiger partial charge on any atom is 0.0991 e. The van der Waals surface area contributed by atoms with E-state index in [2.05, 4.69) is 37.3 Å². The highest BCUT2D eigenvalue weighted by atomic mass is 16.5. The summed E-state index contributed by atoms with van der Waals surface area (Å²) in [6.07, 6.45) is 13.0. The zero-order valence-corrected chi connectivity index (χ0v) is 14.3. The van der Waals surface area contributed by atoms with Crippen LogP contribution in [-0.4, -0.2) is 13.2 Å². The topological polar surface area (TPSA) is 33.0 Å². The lowest BCUT2D eigenvalue weighted by atomic mass is 9.79. The Morgan fingerprint density at radius 2 is 1.87 bits per heavy atom. The van der Waals surface area contributed by atoms with Gasteiger partial charge in [-0.2, -0.15) is 5.26 Å². The fourth-order valence-electron chi connectivity index (χ4n) is 3.38. The zero-order chi connectivity index (χ0) is 16.3. The lowest BCUT2D eigenvalue weighted by Gasteiger charge is -2.28. The highest BCUT2D eigenvalue weighted by Gasteiger charge is 2.22. The summed E-state index contributed by atoms with van der Waals surface area (Å²) in [4.78, 5) is 0. The predicted octanol–water partition coefficient (Wildman–Crippen LogP) is 5.60. The van der Waals surface area contributed by atoms with Crippen LogP contribution in [0.25, 0.3) is 0 Å². The van der Waals surface area contributed by atoms with E-state index in [1.165, 1.54) is 50.5 Å². The first kappa shape index (κ1) is 17.8. The van der Waals surface area contributed by atoms with Crippen LogP contribution in [-0.2, 0) is 4.74 Å². The third-order valence-electron chi connectivity index (χ3n) is 4.86. The quantitative estimate of drug-likeness (QED) is 0.463. The number of ether oxygens (including phenoxy) is 1. The van der Waals surface area contributed by atoms with Gasteiger partial charge in [0, 0.05) is 13.2 Å². The van der Waals surface area contributed by atoms with E-state index >= 15 is 0 Å². The number of allylic oxidation sites excluding steroid dienone is 2. The summed E-state index contributed by atoms with van der Waals surface area (Å²) < 4.78 is 5.86. The van der Waals surface area contributed by atoms with Crippen molar-refractivity contribution >= 4 is 0 Å². The maximum atomic E-state index is 8.87. The summed E-state index contributed by atoms with van der Waals surface area (Å²) in [6, 6.07) is 10.3. The molecule has 0 atom stereocenters. The molecule has 0 N–H and O–H groups in total. The van der Waals surface area contributed by atoms with E-state index in [0.717, 1.165) is 24.7 Å². The second kappa shape index (κ2) is 10.2. The van der Waals surface area contributed by atoms with Crippen LogP contribution >= 0.6 is 0 Å². The van der Waals surface area contributed by atoms with E-state index in [4.69, 9.17) is 10.00 Å². The molecule has 124 valence electrons. The Morgan fingerprint density at radius 3 is 2.52 bits per heavy atom. The number of nitriles is 1. The largest absolute Gasteiger partial charge is 0.381 e. The molecule has 1 aromatic rings. The average molecular weight is 311 g/mol. The van der Waals surface area contributed by atoms with Crippen molar-refractivity contribution in [1.29, 1.82) is 5.26 Å². The molecule has 2 heteroatoms. The molecule has 1 aromatic carbocycles. The SMILES string of the molecule is C/C=C/CCCCOCC1CCC(c2ccc(C#N)cc2)CC1. The first-order valence-electron chi connectivity index (χ1n) is 9.02. The lowest BCUT2D eigenvalue weighted by molar-refractivity contribution is 0.0804. The Labute approximate surface area is 141 Å². The monoisotopic (exact) mass is 311 g/mol. The van der Waals surface area contributed by atoms with Gasteiger partial charge in [0.2, 0.25) is 0 Å². The van der Waals surface area contributed by atoms with Crippen LogP contribution in [0.5, 0.6) is 0 Å². The minimum atomic E-state index is 0.667. The van der Waals surface area contributed by atoms with Crippen molar-refractivity contribution in [3.05, 3.63) is 47.5 Å². The lowest BCUT2D eigenvalue weighted by Crippen LogP contribution is -2.18. The first-order valence-corrected chi connectivity index (χ1v) is 9.02. The van der Waals surface area contributed by atoms with Crippen LogP contribution in [0.1, 0.15) is 68.9 Å². The molecular weight excluding hydrogens is 282 g/mol. The molecule has 0 unspecified atom stereocenters. The molecule has 1 aliphatic rings. The van der Waals surface area contributed by atoms with Crippen LogP contribution in [0, 0.1) is 17.2 Å². The number of nitrogens with zero attached hydrogens (tertiary/aromatic N) is 1. The molecule has 0 heterocycles. The van der Waals surface area contributed by atoms with Gasteiger partial charge in [-0.1, -0.05) is 24.3 Å². The van der Waals surface area contributed by atoms with Gasteiger partial charge in [-0.15, -0.1) is 0 Å². The van der Waals surface area contributed by atoms with Crippen LogP contribution in [0.4, 0.5) is 0 Å². The number of rotatable bonds is 8. The summed E-state index contributed by atoms with van der Waals surface area (Å²) in [5, 5.41) is 8.87. The smallest absolute Gasteiger partial charge is 0.0991 e. The summed E-state index contributed by atoms with van der Waals surface area (Å²) in [5.74, 6) is 1.40. The second-order valence-corrected chi connectivity index (χ2v) is 6.59. The van der Waals surface area contributed by atoms with Crippen molar-refractivity contribution in [1.82, 2.24) is 0 Å². The van der Waals surface area contributed by atoms with Gasteiger partial charge in [-0.25, -0.2) is 0 Å². The van der Waals surface area contributed by atoms with Crippen LogP contribution in [0.2, 0.25) is 0 Å². The molecule has 23 heavy (non-hydrogen) atoms. The second-order valence-electron chi connectivity index (χ2n) is 6.59. The predicted molar refractivity (Wildman–Crippen MR) is 95.3 cm³/mol. The van der Waals surface area contributed by atoms with Crippen LogP contribution < -0.4 is 0 Å². The van der Waals surface area contributed by atoms with E-state index in [1.54, 1.807) is 0 Å². The van der Waals surface area contributed by atoms with Gasteiger partial charge < -0.3 is 4.74 Å². The van der Waals surface area contributed by atoms with E-state index in [0.29, 0.717) is 5.92 Å². The van der Waals surface area contributed by atoms with Gasteiger partial charge in [0.25, 0.3) is 0 Å². The van der Waals surface area contributed by atoms with Crippen molar-refractivity contribution in [2.75, 3.05) is 13.2 Å². The summed E-state index contributed by atoms with van der Waals surface area (Å²) in [7, 11) is 0. The molecule has 1 aliphatic carbocycles. The van der Waals surface area contributed by atoms with Crippen LogP contribution in [0.15, 0.2) is 36.4 Å². The first-order chi connectivity index (χ1) is 11.3. The minimum absolute atomic E-state index is 0.667. The van der Waals surface area contributed by atoms with Gasteiger partial charge in [0.1, 0.15) is 0 Å². The summed E-state index contributed by atoms with van der Waals surface area (Å²) in [5.41, 5.74) is 2.15. The molecule has 1 fully saturated rings. The molecule has 0 saturated heterocycles. The molecule has 2 rings (SSSR count). The third kappa shape index (κ3) is 6.20. The van der Waals surface area contributed by atoms with Gasteiger partial charge in [0.15, 0.2) is 0 Å². The molecule has 0 radical (unpaired) electrons. The van der Waals surface area contributed by atoms with Gasteiger partial charge in [-0.3, -0.25) is 0 Å². The van der Waals surface area contributed by atoms with Gasteiger partial charge >= 0.3 is 0 Å². The number of hydrogen-bond donors (Lipinski definition) is 0. The Balaban J connectivity index is 1.61. The molecule has 2 nitrogen and oxygen atoms in total. The van der Waals surface area contributed by atoms with E-state index in [1.807, 2.05) is 12.1 Å². The number of benzene rings is 1. The van der Waals surface area contributed by atoms with Gasteiger partial charge in [0.05, 0.1) is 11.6 Å². The highest BCUT2D eigenvalue weighted by molar-refractivity contribution is 5.33. The van der Waals surface area contributed by atoms with Crippen molar-refractivity contribution in [3.8, 4) is 6.07 Å². The third-order valence-corrected chi connectivity index (χ3v) is 4.86. The Bertz CT molecular complexity index is 504. The standard InChI is InChI=1S/C21H29NO/c1-2-3-4-5-6-15-23-17-19-9-13-21(14-10-19)20-11-7-18(16-22)8-12-20/h2-3,7-8,11-12,19,21H,4-6,9-10,13-15,17H2,1H3/b3-2+. The van der Waals surface area contributed by atoms with Crippen LogP contribution in [0.3, 0.4) is 0 Å². The fraction of sp³-hybridized carbons (Fsp3) is 0.571. The fourth-order valence-corrected chi connectivity index (χ4v) is 3.38. The minimum Gasteiger partial charge on any atom is -0.381 e. The average Bonchev–Trinajstić information content (AvgIpc) is 2.61. The Hall–Kier alpha value is -1.59. The zero-order valence-electron chi connectivity index (χ0n) is 14.3. The molecule has 1 saturated carbocycles. The molecule has 0 aromatic heterocycles. The normalized spacial score (nSPS) is 21.4. The molecule has 0 amide bonds. The van der Waals surface area contributed by atoms with E-state index in [-0.39, 0.29) is 0 Å². The molecule has 0 spiro atoms. The summed E-state index contributed by atoms with van der Waals surface area (Å²) in [6.45, 7) is 3.92. The molecular formula is C21H29NO. The number of hydrogen-bond acceptors (Lipinski definition) is 2. The highest BCUT2D eigenvalue weighted by Crippen LogP contribution is 2.35. The molecule has 0 bridgehead atoms. The summed E-state index contributed by atoms with van der Waals surface area (Å²) >= 11 is 0. The molecule has 0 aliphatic heterocycles. The maximum absolute atomic E-state index is 8.87. The van der Waals surface area contributed by atoms with E-state index < -0.39 is 0 Å². The van der Waals surface area contributed by atoms with Crippen molar-refractivity contribution < 1.29 is 4.74 Å². The van der Waals surface area contributed by atoms with Gasteiger partial charge in [-0.05, 0) is 81.4 Å². The van der Waals surface area contributed by atoms with Crippen molar-refractivity contribution in [2.24, 2.45) is 5.92 Å². The Kier molecular flexibility index (Phi) is 7.90. The number of unbranched alkanes of at least 4 members (excludes halogenated alkanes) is 2. The van der Waals surface area contributed by atoms with E-state index in [9.17, 15) is 0 Å². The van der Waals surface area contributed by atoms with Crippen molar-refractivity contribution in [3.63, 3.8) is 0 Å².